The third kappa shape index (κ3) is 3.25. The zero-order valence-electron chi connectivity index (χ0n) is 11.4. The number of halogens is 1. The van der Waals surface area contributed by atoms with Crippen LogP contribution < -0.4 is 5.32 Å². The van der Waals surface area contributed by atoms with Gasteiger partial charge in [-0.1, -0.05) is 17.3 Å². The lowest BCUT2D eigenvalue weighted by Crippen LogP contribution is -2.49. The van der Waals surface area contributed by atoms with Crippen molar-refractivity contribution in [2.75, 3.05) is 0 Å². The van der Waals surface area contributed by atoms with Gasteiger partial charge in [0.2, 0.25) is 5.76 Å². The summed E-state index contributed by atoms with van der Waals surface area (Å²) in [6, 6.07) is 6.98. The Hall–Kier alpha value is -2.70. The fourth-order valence-corrected chi connectivity index (χ4v) is 1.56. The van der Waals surface area contributed by atoms with Gasteiger partial charge in [-0.25, -0.2) is 9.18 Å². The molecule has 0 fully saturated rings. The van der Waals surface area contributed by atoms with E-state index in [1.165, 1.54) is 38.1 Å². The molecule has 21 heavy (non-hydrogen) atoms. The molecule has 1 aromatic carbocycles. The molecule has 0 aliphatic heterocycles. The topological polar surface area (TPSA) is 92.4 Å². The van der Waals surface area contributed by atoms with Crippen LogP contribution in [0.25, 0.3) is 11.3 Å². The first-order chi connectivity index (χ1) is 9.79. The van der Waals surface area contributed by atoms with Gasteiger partial charge >= 0.3 is 5.97 Å². The van der Waals surface area contributed by atoms with Crippen LogP contribution in [0.4, 0.5) is 4.39 Å². The highest BCUT2D eigenvalue weighted by Crippen LogP contribution is 2.20. The number of nitrogens with zero attached hydrogens (tertiary/aromatic N) is 1. The van der Waals surface area contributed by atoms with Crippen LogP contribution >= 0.6 is 0 Å². The number of aromatic nitrogens is 1. The van der Waals surface area contributed by atoms with Crippen molar-refractivity contribution in [1.29, 1.82) is 0 Å². The van der Waals surface area contributed by atoms with Crippen molar-refractivity contribution in [2.45, 2.75) is 19.4 Å². The number of carbonyl (C=O) groups excluding carboxylic acids is 1. The Kier molecular flexibility index (Phi) is 3.75. The number of carboxylic acid groups (broad SMARTS) is 1. The summed E-state index contributed by atoms with van der Waals surface area (Å²) < 4.78 is 18.0. The minimum absolute atomic E-state index is 0.149. The van der Waals surface area contributed by atoms with E-state index in [9.17, 15) is 14.0 Å². The van der Waals surface area contributed by atoms with Crippen molar-refractivity contribution in [1.82, 2.24) is 10.5 Å². The Labute approximate surface area is 119 Å². The third-order valence-corrected chi connectivity index (χ3v) is 2.82. The third-order valence-electron chi connectivity index (χ3n) is 2.82. The number of aliphatic carboxylic acids is 1. The van der Waals surface area contributed by atoms with Crippen LogP contribution in [-0.4, -0.2) is 27.7 Å². The summed E-state index contributed by atoms with van der Waals surface area (Å²) in [7, 11) is 0. The number of hydrogen-bond donors (Lipinski definition) is 2. The molecule has 0 bridgehead atoms. The molecule has 0 saturated heterocycles. The van der Waals surface area contributed by atoms with Gasteiger partial charge in [-0.3, -0.25) is 4.79 Å². The Morgan fingerprint density at radius 1 is 1.33 bits per heavy atom. The van der Waals surface area contributed by atoms with Gasteiger partial charge in [-0.2, -0.15) is 0 Å². The van der Waals surface area contributed by atoms with Crippen molar-refractivity contribution in [2.24, 2.45) is 0 Å². The van der Waals surface area contributed by atoms with Gasteiger partial charge in [-0.05, 0) is 26.0 Å². The summed E-state index contributed by atoms with van der Waals surface area (Å²) in [5.74, 6) is -2.48. The first-order valence-electron chi connectivity index (χ1n) is 6.08. The minimum Gasteiger partial charge on any atom is -0.480 e. The highest BCUT2D eigenvalue weighted by atomic mass is 19.1. The molecule has 2 aromatic rings. The van der Waals surface area contributed by atoms with Gasteiger partial charge in [-0.15, -0.1) is 0 Å². The quantitative estimate of drug-likeness (QED) is 0.900. The second-order valence-corrected chi connectivity index (χ2v) is 4.97. The second-order valence-electron chi connectivity index (χ2n) is 4.97. The standard InChI is InChI=1S/C14H13FN2O4/c1-14(2,13(19)20)16-12(18)11-7-10(17-21-11)8-4-3-5-9(15)6-8/h3-7H,1-2H3,(H,16,18)(H,19,20). The SMILES string of the molecule is CC(C)(NC(=O)c1cc(-c2cccc(F)c2)no1)C(=O)O. The molecule has 110 valence electrons. The van der Waals surface area contributed by atoms with Gasteiger partial charge in [0.05, 0.1) is 0 Å². The molecule has 1 amide bonds. The number of rotatable bonds is 4. The molecule has 0 unspecified atom stereocenters. The van der Waals surface area contributed by atoms with E-state index < -0.39 is 23.2 Å². The second kappa shape index (κ2) is 5.35. The lowest BCUT2D eigenvalue weighted by molar-refractivity contribution is -0.143. The van der Waals surface area contributed by atoms with Crippen molar-refractivity contribution in [3.8, 4) is 11.3 Å². The van der Waals surface area contributed by atoms with E-state index in [0.717, 1.165) is 0 Å². The maximum absolute atomic E-state index is 13.1. The predicted octanol–water partition coefficient (Wildman–Crippen LogP) is 2.07. The summed E-state index contributed by atoms with van der Waals surface area (Å²) in [6.45, 7) is 2.69. The monoisotopic (exact) mass is 292 g/mol. The maximum Gasteiger partial charge on any atom is 0.328 e. The molecule has 0 spiro atoms. The van der Waals surface area contributed by atoms with Gasteiger partial charge in [0, 0.05) is 11.6 Å². The molecule has 0 saturated carbocycles. The van der Waals surface area contributed by atoms with Crippen molar-refractivity contribution >= 4 is 11.9 Å². The maximum atomic E-state index is 13.1. The van der Waals surface area contributed by atoms with Gasteiger partial charge in [0.25, 0.3) is 5.91 Å². The average Bonchev–Trinajstić information content (AvgIpc) is 2.87. The number of carboxylic acids is 1. The molecule has 0 aliphatic rings. The normalized spacial score (nSPS) is 11.2. The highest BCUT2D eigenvalue weighted by molar-refractivity contribution is 5.96. The fraction of sp³-hybridized carbons (Fsp3) is 0.214. The van der Waals surface area contributed by atoms with Crippen LogP contribution in [0.2, 0.25) is 0 Å². The minimum atomic E-state index is -1.44. The molecule has 7 heteroatoms. The van der Waals surface area contributed by atoms with Gasteiger partial charge < -0.3 is 14.9 Å². The summed E-state index contributed by atoms with van der Waals surface area (Å²) in [6.07, 6.45) is 0. The van der Waals surface area contributed by atoms with E-state index in [2.05, 4.69) is 10.5 Å². The van der Waals surface area contributed by atoms with Crippen LogP contribution in [0.5, 0.6) is 0 Å². The van der Waals surface area contributed by atoms with Crippen molar-refractivity contribution in [3.05, 3.63) is 41.9 Å². The lowest BCUT2D eigenvalue weighted by Gasteiger charge is -2.19. The van der Waals surface area contributed by atoms with Crippen molar-refractivity contribution in [3.63, 3.8) is 0 Å². The highest BCUT2D eigenvalue weighted by Gasteiger charge is 2.30. The summed E-state index contributed by atoms with van der Waals surface area (Å²) >= 11 is 0. The Balaban J connectivity index is 2.20. The van der Waals surface area contributed by atoms with Crippen LogP contribution in [0, 0.1) is 5.82 Å². The summed E-state index contributed by atoms with van der Waals surface area (Å²) in [5.41, 5.74) is -0.703. The number of hydrogen-bond acceptors (Lipinski definition) is 4. The largest absolute Gasteiger partial charge is 0.480 e. The number of amides is 1. The number of benzene rings is 1. The van der Waals surface area contributed by atoms with E-state index in [-0.39, 0.29) is 11.5 Å². The van der Waals surface area contributed by atoms with Crippen molar-refractivity contribution < 1.29 is 23.6 Å². The lowest BCUT2D eigenvalue weighted by atomic mass is 10.1. The molecular weight excluding hydrogens is 279 g/mol. The summed E-state index contributed by atoms with van der Waals surface area (Å²) in [5, 5.41) is 14.9. The first-order valence-corrected chi connectivity index (χ1v) is 6.08. The Morgan fingerprint density at radius 2 is 2.05 bits per heavy atom. The molecule has 0 aliphatic carbocycles. The first kappa shape index (κ1) is 14.7. The molecule has 0 radical (unpaired) electrons. The van der Waals surface area contributed by atoms with Crippen LogP contribution in [0.15, 0.2) is 34.9 Å². The van der Waals surface area contributed by atoms with E-state index in [4.69, 9.17) is 9.63 Å². The van der Waals surface area contributed by atoms with E-state index in [0.29, 0.717) is 5.56 Å². The summed E-state index contributed by atoms with van der Waals surface area (Å²) in [4.78, 5) is 22.8. The molecular formula is C14H13FN2O4. The van der Waals surface area contributed by atoms with Crippen LogP contribution in [0.1, 0.15) is 24.4 Å². The van der Waals surface area contributed by atoms with E-state index in [1.54, 1.807) is 6.07 Å². The average molecular weight is 292 g/mol. The molecule has 1 heterocycles. The molecule has 2 N–H and O–H groups in total. The Bertz CT molecular complexity index is 694. The van der Waals surface area contributed by atoms with E-state index >= 15 is 0 Å². The zero-order valence-corrected chi connectivity index (χ0v) is 11.4. The van der Waals surface area contributed by atoms with Gasteiger partial charge in [0.15, 0.2) is 0 Å². The molecule has 2 rings (SSSR count). The molecule has 0 atom stereocenters. The Morgan fingerprint density at radius 3 is 2.67 bits per heavy atom. The molecule has 1 aromatic heterocycles. The smallest absolute Gasteiger partial charge is 0.328 e. The predicted molar refractivity (Wildman–Crippen MR) is 71.1 cm³/mol. The number of carbonyl (C=O) groups is 2. The fourth-order valence-electron chi connectivity index (χ4n) is 1.56. The van der Waals surface area contributed by atoms with Crippen LogP contribution in [-0.2, 0) is 4.79 Å². The van der Waals surface area contributed by atoms with E-state index in [1.807, 2.05) is 0 Å². The van der Waals surface area contributed by atoms with Crippen LogP contribution in [0.3, 0.4) is 0 Å². The zero-order chi connectivity index (χ0) is 15.6. The molecule has 6 nitrogen and oxygen atoms in total. The van der Waals surface area contributed by atoms with Gasteiger partial charge in [0.1, 0.15) is 17.1 Å². The number of nitrogens with one attached hydrogen (secondary N) is 1.